The molecule has 29 heavy (non-hydrogen) atoms. The molecule has 1 amide bonds. The van der Waals surface area contributed by atoms with Crippen LogP contribution in [0.25, 0.3) is 11.0 Å². The van der Waals surface area contributed by atoms with E-state index in [0.717, 1.165) is 25.3 Å². The lowest BCUT2D eigenvalue weighted by molar-refractivity contribution is -0.136. The molecule has 1 aromatic heterocycles. The summed E-state index contributed by atoms with van der Waals surface area (Å²) < 4.78 is 40.1. The summed E-state index contributed by atoms with van der Waals surface area (Å²) in [6.07, 6.45) is 0.924. The number of halogens is 3. The Bertz CT molecular complexity index is 915. The number of hydrogen-bond donors (Lipinski definition) is 2. The molecule has 2 heterocycles. The maximum absolute atomic E-state index is 13.4. The summed E-state index contributed by atoms with van der Waals surface area (Å²) in [5.41, 5.74) is 5.86. The molecule has 2 aliphatic rings. The second-order valence-electron chi connectivity index (χ2n) is 8.20. The molecular formula is C20H24F3N5O. The number of carbonyl (C=O) groups is 1. The van der Waals surface area contributed by atoms with E-state index in [4.69, 9.17) is 5.73 Å². The van der Waals surface area contributed by atoms with Crippen molar-refractivity contribution in [1.29, 1.82) is 0 Å². The molecule has 9 heteroatoms. The van der Waals surface area contributed by atoms with Gasteiger partial charge in [-0.1, -0.05) is 6.92 Å². The summed E-state index contributed by atoms with van der Waals surface area (Å²) in [5.74, 6) is 0.366. The van der Waals surface area contributed by atoms with E-state index in [1.807, 2.05) is 4.90 Å². The Morgan fingerprint density at radius 1 is 1.21 bits per heavy atom. The summed E-state index contributed by atoms with van der Waals surface area (Å²) in [4.78, 5) is 22.5. The van der Waals surface area contributed by atoms with Gasteiger partial charge >= 0.3 is 6.18 Å². The Hall–Kier alpha value is -2.42. The minimum atomic E-state index is -4.50. The molecule has 2 aromatic rings. The minimum Gasteiger partial charge on any atom is -0.367 e. The highest BCUT2D eigenvalue weighted by atomic mass is 19.4. The number of piperidine rings is 1. The normalized spacial score (nSPS) is 23.8. The minimum absolute atomic E-state index is 0.120. The van der Waals surface area contributed by atoms with Crippen LogP contribution in [0.15, 0.2) is 24.5 Å². The molecular weight excluding hydrogens is 383 g/mol. The van der Waals surface area contributed by atoms with Crippen molar-refractivity contribution in [2.75, 3.05) is 18.0 Å². The van der Waals surface area contributed by atoms with E-state index in [2.05, 4.69) is 22.2 Å². The zero-order chi connectivity index (χ0) is 20.8. The highest BCUT2D eigenvalue weighted by Crippen LogP contribution is 2.37. The molecule has 1 aromatic carbocycles. The molecule has 2 fully saturated rings. The van der Waals surface area contributed by atoms with Crippen LogP contribution in [-0.2, 0) is 11.0 Å². The molecule has 1 saturated carbocycles. The van der Waals surface area contributed by atoms with Crippen molar-refractivity contribution in [3.05, 3.63) is 30.1 Å². The van der Waals surface area contributed by atoms with E-state index < -0.39 is 17.8 Å². The molecule has 0 spiro atoms. The third-order valence-corrected chi connectivity index (χ3v) is 5.69. The molecule has 6 nitrogen and oxygen atoms in total. The monoisotopic (exact) mass is 407 g/mol. The fraction of sp³-hybridized carbons (Fsp3) is 0.550. The van der Waals surface area contributed by atoms with E-state index in [1.54, 1.807) is 0 Å². The maximum atomic E-state index is 13.4. The van der Waals surface area contributed by atoms with Gasteiger partial charge in [-0.2, -0.15) is 13.2 Å². The van der Waals surface area contributed by atoms with Gasteiger partial charge in [-0.25, -0.2) is 0 Å². The highest BCUT2D eigenvalue weighted by molar-refractivity contribution is 5.91. The van der Waals surface area contributed by atoms with Gasteiger partial charge in [0, 0.05) is 31.5 Å². The lowest BCUT2D eigenvalue weighted by Crippen LogP contribution is -2.54. The number of hydrogen-bond acceptors (Lipinski definition) is 5. The molecule has 1 saturated heterocycles. The predicted octanol–water partition coefficient (Wildman–Crippen LogP) is 2.72. The lowest BCUT2D eigenvalue weighted by Gasteiger charge is -2.39. The van der Waals surface area contributed by atoms with Crippen LogP contribution in [0.5, 0.6) is 0 Å². The van der Waals surface area contributed by atoms with Crippen LogP contribution in [-0.4, -0.2) is 41.0 Å². The third kappa shape index (κ3) is 4.14. The summed E-state index contributed by atoms with van der Waals surface area (Å²) in [6.45, 7) is 3.21. The lowest BCUT2D eigenvalue weighted by atomic mass is 9.94. The number of carbonyl (C=O) groups excluding carboxylic acids is 1. The SMILES string of the molecule is C[C@H]1C[C@@H](NC(=O)C(N)C2CC2)CN(c2ccc(C(F)(F)F)c3nccnc23)C1. The number of nitrogens with one attached hydrogen (secondary N) is 1. The van der Waals surface area contributed by atoms with Gasteiger partial charge in [-0.05, 0) is 43.2 Å². The van der Waals surface area contributed by atoms with E-state index in [1.165, 1.54) is 18.5 Å². The Morgan fingerprint density at radius 2 is 1.90 bits per heavy atom. The fourth-order valence-corrected chi connectivity index (χ4v) is 4.15. The van der Waals surface area contributed by atoms with Crippen molar-refractivity contribution in [1.82, 2.24) is 15.3 Å². The van der Waals surface area contributed by atoms with E-state index in [-0.39, 0.29) is 34.8 Å². The summed E-state index contributed by atoms with van der Waals surface area (Å²) >= 11 is 0. The molecule has 1 aliphatic heterocycles. The van der Waals surface area contributed by atoms with Crippen LogP contribution in [0.1, 0.15) is 31.7 Å². The second kappa shape index (κ2) is 7.44. The predicted molar refractivity (Wildman–Crippen MR) is 103 cm³/mol. The number of nitrogens with zero attached hydrogens (tertiary/aromatic N) is 3. The number of fused-ring (bicyclic) bond motifs is 1. The average Bonchev–Trinajstić information content (AvgIpc) is 3.50. The Labute approximate surface area is 166 Å². The summed E-state index contributed by atoms with van der Waals surface area (Å²) in [7, 11) is 0. The average molecular weight is 407 g/mol. The number of anilines is 1. The first-order chi connectivity index (χ1) is 13.7. The van der Waals surface area contributed by atoms with Crippen molar-refractivity contribution >= 4 is 22.6 Å². The van der Waals surface area contributed by atoms with Crippen LogP contribution >= 0.6 is 0 Å². The molecule has 0 bridgehead atoms. The number of alkyl halides is 3. The first-order valence-corrected chi connectivity index (χ1v) is 9.86. The number of amides is 1. The van der Waals surface area contributed by atoms with Crippen LogP contribution in [0.4, 0.5) is 18.9 Å². The molecule has 4 rings (SSSR count). The Morgan fingerprint density at radius 3 is 2.55 bits per heavy atom. The highest BCUT2D eigenvalue weighted by Gasteiger charge is 2.37. The third-order valence-electron chi connectivity index (χ3n) is 5.69. The second-order valence-corrected chi connectivity index (χ2v) is 8.20. The van der Waals surface area contributed by atoms with Crippen molar-refractivity contribution in [3.63, 3.8) is 0 Å². The van der Waals surface area contributed by atoms with Crippen molar-refractivity contribution < 1.29 is 18.0 Å². The zero-order valence-electron chi connectivity index (χ0n) is 16.1. The van der Waals surface area contributed by atoms with Gasteiger partial charge in [0.2, 0.25) is 5.91 Å². The van der Waals surface area contributed by atoms with Gasteiger partial charge in [0.15, 0.2) is 0 Å². The molecule has 1 unspecified atom stereocenters. The number of aromatic nitrogens is 2. The molecule has 156 valence electrons. The summed E-state index contributed by atoms with van der Waals surface area (Å²) in [5, 5.41) is 3.03. The molecule has 3 atom stereocenters. The smallest absolute Gasteiger partial charge is 0.367 e. The number of benzene rings is 1. The summed E-state index contributed by atoms with van der Waals surface area (Å²) in [6, 6.07) is 1.90. The first kappa shape index (κ1) is 19.9. The quantitative estimate of drug-likeness (QED) is 0.814. The largest absolute Gasteiger partial charge is 0.418 e. The standard InChI is InChI=1S/C20H24F3N5O/c1-11-8-13(27-19(29)16(24)12-2-3-12)10-28(9-11)15-5-4-14(20(21,22)23)17-18(15)26-7-6-25-17/h4-7,11-13,16H,2-3,8-10,24H2,1H3,(H,27,29)/t11-,13+,16?/m0/s1. The van der Waals surface area contributed by atoms with E-state index in [0.29, 0.717) is 18.8 Å². The van der Waals surface area contributed by atoms with Crippen LogP contribution < -0.4 is 16.0 Å². The van der Waals surface area contributed by atoms with Gasteiger partial charge in [-0.15, -0.1) is 0 Å². The molecule has 1 aliphatic carbocycles. The van der Waals surface area contributed by atoms with E-state index >= 15 is 0 Å². The first-order valence-electron chi connectivity index (χ1n) is 9.86. The van der Waals surface area contributed by atoms with Crippen LogP contribution in [0.2, 0.25) is 0 Å². The van der Waals surface area contributed by atoms with Gasteiger partial charge in [0.05, 0.1) is 17.3 Å². The van der Waals surface area contributed by atoms with Gasteiger partial charge in [-0.3, -0.25) is 14.8 Å². The Kier molecular flexibility index (Phi) is 5.10. The van der Waals surface area contributed by atoms with Crippen LogP contribution in [0, 0.1) is 11.8 Å². The number of nitrogens with two attached hydrogens (primary N) is 1. The fourth-order valence-electron chi connectivity index (χ4n) is 4.15. The van der Waals surface area contributed by atoms with E-state index in [9.17, 15) is 18.0 Å². The van der Waals surface area contributed by atoms with Gasteiger partial charge in [0.25, 0.3) is 0 Å². The van der Waals surface area contributed by atoms with Crippen molar-refractivity contribution in [3.8, 4) is 0 Å². The van der Waals surface area contributed by atoms with Gasteiger partial charge < -0.3 is 16.0 Å². The van der Waals surface area contributed by atoms with Crippen molar-refractivity contribution in [2.45, 2.75) is 44.4 Å². The zero-order valence-corrected chi connectivity index (χ0v) is 16.1. The van der Waals surface area contributed by atoms with Gasteiger partial charge in [0.1, 0.15) is 11.0 Å². The molecule has 3 N–H and O–H groups in total. The maximum Gasteiger partial charge on any atom is 0.418 e. The number of rotatable bonds is 4. The van der Waals surface area contributed by atoms with Crippen LogP contribution in [0.3, 0.4) is 0 Å². The Balaban J connectivity index is 1.60. The van der Waals surface area contributed by atoms with Crippen molar-refractivity contribution in [2.24, 2.45) is 17.6 Å². The topological polar surface area (TPSA) is 84.1 Å². The molecule has 0 radical (unpaired) electrons.